The number of hydrogen-bond acceptors (Lipinski definition) is 4. The maximum Gasteiger partial charge on any atom is 0.227 e. The van der Waals surface area contributed by atoms with E-state index in [1.54, 1.807) is 12.4 Å². The SMILES string of the molecule is Cc1nc2n(n1)CCN(C(=O)Cc1cccnc1)[C@H]2Cc1ccccc1. The quantitative estimate of drug-likeness (QED) is 0.727. The summed E-state index contributed by atoms with van der Waals surface area (Å²) >= 11 is 0. The molecule has 1 amide bonds. The van der Waals surface area contributed by atoms with Gasteiger partial charge in [0, 0.05) is 25.4 Å². The number of benzene rings is 1. The monoisotopic (exact) mass is 347 g/mol. The van der Waals surface area contributed by atoms with E-state index in [1.165, 1.54) is 5.56 Å². The van der Waals surface area contributed by atoms with Crippen molar-refractivity contribution in [1.29, 1.82) is 0 Å². The maximum absolute atomic E-state index is 13.0. The first kappa shape index (κ1) is 16.4. The van der Waals surface area contributed by atoms with Gasteiger partial charge in [-0.15, -0.1) is 0 Å². The molecule has 4 rings (SSSR count). The van der Waals surface area contributed by atoms with Crippen LogP contribution in [-0.2, 0) is 24.2 Å². The average Bonchev–Trinajstić information content (AvgIpc) is 3.04. The van der Waals surface area contributed by atoms with E-state index in [4.69, 9.17) is 0 Å². The Morgan fingerprint density at radius 3 is 2.69 bits per heavy atom. The summed E-state index contributed by atoms with van der Waals surface area (Å²) in [5, 5.41) is 4.48. The lowest BCUT2D eigenvalue weighted by atomic mass is 10.0. The molecule has 0 unspecified atom stereocenters. The highest BCUT2D eigenvalue weighted by Crippen LogP contribution is 2.28. The van der Waals surface area contributed by atoms with Crippen molar-refractivity contribution in [3.8, 4) is 0 Å². The van der Waals surface area contributed by atoms with Gasteiger partial charge in [-0.2, -0.15) is 5.10 Å². The Balaban J connectivity index is 1.62. The molecular weight excluding hydrogens is 326 g/mol. The zero-order valence-corrected chi connectivity index (χ0v) is 14.7. The predicted molar refractivity (Wildman–Crippen MR) is 97.3 cm³/mol. The van der Waals surface area contributed by atoms with Crippen LogP contribution in [0.1, 0.15) is 28.8 Å². The van der Waals surface area contributed by atoms with Crippen LogP contribution >= 0.6 is 0 Å². The average molecular weight is 347 g/mol. The van der Waals surface area contributed by atoms with Crippen molar-refractivity contribution >= 4 is 5.91 Å². The molecule has 0 saturated carbocycles. The number of hydrogen-bond donors (Lipinski definition) is 0. The van der Waals surface area contributed by atoms with Crippen molar-refractivity contribution in [3.63, 3.8) is 0 Å². The van der Waals surface area contributed by atoms with E-state index in [2.05, 4.69) is 27.2 Å². The molecule has 0 radical (unpaired) electrons. The van der Waals surface area contributed by atoms with E-state index in [-0.39, 0.29) is 11.9 Å². The summed E-state index contributed by atoms with van der Waals surface area (Å²) in [6.45, 7) is 3.22. The molecule has 0 bridgehead atoms. The molecule has 0 saturated heterocycles. The zero-order chi connectivity index (χ0) is 17.9. The van der Waals surface area contributed by atoms with Crippen molar-refractivity contribution < 1.29 is 4.79 Å². The molecule has 1 aliphatic rings. The first-order valence-electron chi connectivity index (χ1n) is 8.84. The third-order valence-electron chi connectivity index (χ3n) is 4.70. The first-order chi connectivity index (χ1) is 12.7. The number of nitrogens with zero attached hydrogens (tertiary/aromatic N) is 5. The van der Waals surface area contributed by atoms with Crippen LogP contribution < -0.4 is 0 Å². The molecule has 0 fully saturated rings. The molecule has 0 N–H and O–H groups in total. The van der Waals surface area contributed by atoms with E-state index in [9.17, 15) is 4.79 Å². The lowest BCUT2D eigenvalue weighted by Gasteiger charge is -2.35. The van der Waals surface area contributed by atoms with Crippen molar-refractivity contribution in [1.82, 2.24) is 24.6 Å². The summed E-state index contributed by atoms with van der Waals surface area (Å²) in [4.78, 5) is 23.7. The summed E-state index contributed by atoms with van der Waals surface area (Å²) in [6.07, 6.45) is 4.56. The Morgan fingerprint density at radius 1 is 1.12 bits per heavy atom. The van der Waals surface area contributed by atoms with Gasteiger partial charge in [-0.1, -0.05) is 36.4 Å². The smallest absolute Gasteiger partial charge is 0.227 e. The number of aryl methyl sites for hydroxylation is 1. The van der Waals surface area contributed by atoms with E-state index < -0.39 is 0 Å². The minimum absolute atomic E-state index is 0.100. The van der Waals surface area contributed by atoms with Gasteiger partial charge in [0.2, 0.25) is 5.91 Å². The highest BCUT2D eigenvalue weighted by atomic mass is 16.2. The number of amides is 1. The van der Waals surface area contributed by atoms with Crippen LogP contribution in [0.25, 0.3) is 0 Å². The van der Waals surface area contributed by atoms with Crippen molar-refractivity contribution in [3.05, 3.63) is 77.6 Å². The molecule has 1 aromatic carbocycles. The molecule has 6 heteroatoms. The summed E-state index contributed by atoms with van der Waals surface area (Å²) in [7, 11) is 0. The molecule has 3 heterocycles. The topological polar surface area (TPSA) is 63.9 Å². The molecule has 1 atom stereocenters. The Morgan fingerprint density at radius 2 is 1.92 bits per heavy atom. The van der Waals surface area contributed by atoms with Crippen LogP contribution in [0.4, 0.5) is 0 Å². The van der Waals surface area contributed by atoms with Gasteiger partial charge in [0.05, 0.1) is 19.0 Å². The summed E-state index contributed by atoms with van der Waals surface area (Å²) < 4.78 is 1.94. The second-order valence-corrected chi connectivity index (χ2v) is 6.57. The highest BCUT2D eigenvalue weighted by Gasteiger charge is 2.33. The molecule has 6 nitrogen and oxygen atoms in total. The van der Waals surface area contributed by atoms with Crippen molar-refractivity contribution in [2.75, 3.05) is 6.54 Å². The maximum atomic E-state index is 13.0. The molecule has 3 aromatic rings. The standard InChI is InChI=1S/C20H21N5O/c1-15-22-20-18(12-16-6-3-2-4-7-16)24(10-11-25(20)23-15)19(26)13-17-8-5-9-21-14-17/h2-9,14,18H,10-13H2,1H3/t18-/m0/s1. The van der Waals surface area contributed by atoms with Gasteiger partial charge in [-0.25, -0.2) is 9.67 Å². The van der Waals surface area contributed by atoms with Crippen molar-refractivity contribution in [2.24, 2.45) is 0 Å². The van der Waals surface area contributed by atoms with E-state index in [1.807, 2.05) is 46.8 Å². The van der Waals surface area contributed by atoms with Crippen LogP contribution in [-0.4, -0.2) is 37.1 Å². The first-order valence-corrected chi connectivity index (χ1v) is 8.84. The molecule has 2 aromatic heterocycles. The second kappa shape index (κ2) is 7.07. The van der Waals surface area contributed by atoms with Crippen LogP contribution in [0.3, 0.4) is 0 Å². The molecule has 26 heavy (non-hydrogen) atoms. The lowest BCUT2D eigenvalue weighted by Crippen LogP contribution is -2.44. The van der Waals surface area contributed by atoms with E-state index in [0.717, 1.165) is 23.6 Å². The predicted octanol–water partition coefficient (Wildman–Crippen LogP) is 2.35. The number of pyridine rings is 1. The van der Waals surface area contributed by atoms with Gasteiger partial charge in [-0.3, -0.25) is 9.78 Å². The summed E-state index contributed by atoms with van der Waals surface area (Å²) in [5.74, 6) is 1.72. The third kappa shape index (κ3) is 3.35. The minimum Gasteiger partial charge on any atom is -0.330 e. The number of carbonyl (C=O) groups excluding carboxylic acids is 1. The fourth-order valence-electron chi connectivity index (χ4n) is 3.50. The number of rotatable bonds is 4. The Bertz CT molecular complexity index is 891. The third-order valence-corrected chi connectivity index (χ3v) is 4.70. The minimum atomic E-state index is -0.100. The van der Waals surface area contributed by atoms with E-state index >= 15 is 0 Å². The number of fused-ring (bicyclic) bond motifs is 1. The van der Waals surface area contributed by atoms with Gasteiger partial charge in [0.15, 0.2) is 0 Å². The molecule has 1 aliphatic heterocycles. The lowest BCUT2D eigenvalue weighted by molar-refractivity contribution is -0.134. The molecule has 132 valence electrons. The normalized spacial score (nSPS) is 16.3. The Labute approximate surface area is 152 Å². The molecule has 0 aliphatic carbocycles. The Kier molecular flexibility index (Phi) is 4.48. The van der Waals surface area contributed by atoms with Gasteiger partial charge in [0.25, 0.3) is 0 Å². The number of carbonyl (C=O) groups is 1. The van der Waals surface area contributed by atoms with Gasteiger partial charge < -0.3 is 4.90 Å². The zero-order valence-electron chi connectivity index (χ0n) is 14.7. The fourth-order valence-corrected chi connectivity index (χ4v) is 3.50. The Hall–Kier alpha value is -3.02. The largest absolute Gasteiger partial charge is 0.330 e. The second-order valence-electron chi connectivity index (χ2n) is 6.57. The van der Waals surface area contributed by atoms with E-state index in [0.29, 0.717) is 19.5 Å². The number of aromatic nitrogens is 4. The molecule has 0 spiro atoms. The fraction of sp³-hybridized carbons (Fsp3) is 0.300. The van der Waals surface area contributed by atoms with Gasteiger partial charge in [-0.05, 0) is 24.1 Å². The van der Waals surface area contributed by atoms with Crippen LogP contribution in [0.5, 0.6) is 0 Å². The van der Waals surface area contributed by atoms with Crippen molar-refractivity contribution in [2.45, 2.75) is 32.4 Å². The van der Waals surface area contributed by atoms with Gasteiger partial charge >= 0.3 is 0 Å². The highest BCUT2D eigenvalue weighted by molar-refractivity contribution is 5.79. The summed E-state index contributed by atoms with van der Waals surface area (Å²) in [5.41, 5.74) is 2.12. The molecular formula is C20H21N5O. The van der Waals surface area contributed by atoms with Crippen LogP contribution in [0, 0.1) is 6.92 Å². The van der Waals surface area contributed by atoms with Gasteiger partial charge in [0.1, 0.15) is 11.6 Å². The van der Waals surface area contributed by atoms with Crippen LogP contribution in [0.15, 0.2) is 54.9 Å². The summed E-state index contributed by atoms with van der Waals surface area (Å²) in [6, 6.07) is 13.9. The van der Waals surface area contributed by atoms with Crippen LogP contribution in [0.2, 0.25) is 0 Å².